The van der Waals surface area contributed by atoms with Gasteiger partial charge in [-0.3, -0.25) is 9.59 Å². The minimum Gasteiger partial charge on any atom is -0.459 e. The third kappa shape index (κ3) is 4.22. The normalized spacial score (nSPS) is 10.7. The Labute approximate surface area is 136 Å². The summed E-state index contributed by atoms with van der Waals surface area (Å²) in [5.74, 6) is 0.232. The van der Waals surface area contributed by atoms with Gasteiger partial charge in [-0.25, -0.2) is 0 Å². The van der Waals surface area contributed by atoms with E-state index in [1.807, 2.05) is 13.0 Å². The monoisotopic (exact) mass is 314 g/mol. The van der Waals surface area contributed by atoms with Crippen LogP contribution in [0.2, 0.25) is 0 Å². The molecule has 0 saturated heterocycles. The van der Waals surface area contributed by atoms with Gasteiger partial charge in [0, 0.05) is 24.8 Å². The molecule has 0 bridgehead atoms. The highest BCUT2D eigenvalue weighted by Crippen LogP contribution is 2.19. The fraction of sp³-hybridized carbons (Fsp3) is 0.333. The van der Waals surface area contributed by atoms with Gasteiger partial charge in [0.05, 0.1) is 6.26 Å². The second kappa shape index (κ2) is 7.13. The zero-order valence-corrected chi connectivity index (χ0v) is 13.9. The van der Waals surface area contributed by atoms with Crippen LogP contribution in [0.3, 0.4) is 0 Å². The summed E-state index contributed by atoms with van der Waals surface area (Å²) in [6.07, 6.45) is 1.45. The summed E-state index contributed by atoms with van der Waals surface area (Å²) in [7, 11) is 1.78. The quantitative estimate of drug-likeness (QED) is 0.917. The number of nitrogens with one attached hydrogen (secondary N) is 1. The molecule has 1 aromatic heterocycles. The number of anilines is 1. The third-order valence-electron chi connectivity index (χ3n) is 3.46. The zero-order chi connectivity index (χ0) is 17.0. The van der Waals surface area contributed by atoms with Gasteiger partial charge in [-0.15, -0.1) is 0 Å². The topological polar surface area (TPSA) is 62.6 Å². The van der Waals surface area contributed by atoms with E-state index in [9.17, 15) is 9.59 Å². The second-order valence-corrected chi connectivity index (χ2v) is 6.04. The maximum absolute atomic E-state index is 12.5. The number of furan rings is 1. The van der Waals surface area contributed by atoms with Crippen molar-refractivity contribution in [1.29, 1.82) is 0 Å². The Morgan fingerprint density at radius 3 is 2.61 bits per heavy atom. The van der Waals surface area contributed by atoms with E-state index >= 15 is 0 Å². The number of aryl methyl sites for hydroxylation is 1. The van der Waals surface area contributed by atoms with Crippen molar-refractivity contribution in [3.05, 3.63) is 53.5 Å². The van der Waals surface area contributed by atoms with Crippen molar-refractivity contribution in [2.24, 2.45) is 5.92 Å². The van der Waals surface area contributed by atoms with Crippen LogP contribution in [0.15, 0.2) is 41.0 Å². The standard InChI is InChI=1S/C18H22N2O3/c1-12(2)11-20(4)18(22)14-8-7-13(3)15(10-14)19-17(21)16-6-5-9-23-16/h5-10,12H,11H2,1-4H3,(H,19,21). The highest BCUT2D eigenvalue weighted by atomic mass is 16.3. The molecule has 1 N–H and O–H groups in total. The molecule has 0 unspecified atom stereocenters. The van der Waals surface area contributed by atoms with Crippen LogP contribution in [-0.2, 0) is 0 Å². The van der Waals surface area contributed by atoms with Crippen molar-refractivity contribution < 1.29 is 14.0 Å². The molecule has 0 aliphatic rings. The van der Waals surface area contributed by atoms with Crippen LogP contribution in [0.25, 0.3) is 0 Å². The van der Waals surface area contributed by atoms with E-state index in [0.29, 0.717) is 23.7 Å². The summed E-state index contributed by atoms with van der Waals surface area (Å²) in [6.45, 7) is 6.69. The molecule has 23 heavy (non-hydrogen) atoms. The Morgan fingerprint density at radius 2 is 2.00 bits per heavy atom. The zero-order valence-electron chi connectivity index (χ0n) is 13.9. The largest absolute Gasteiger partial charge is 0.459 e. The van der Waals surface area contributed by atoms with Crippen molar-refractivity contribution in [3.63, 3.8) is 0 Å². The second-order valence-electron chi connectivity index (χ2n) is 6.04. The minimum atomic E-state index is -0.335. The number of hydrogen-bond donors (Lipinski definition) is 1. The van der Waals surface area contributed by atoms with E-state index in [2.05, 4.69) is 19.2 Å². The first-order chi connectivity index (χ1) is 10.9. The molecule has 2 aromatic rings. The SMILES string of the molecule is Cc1ccc(C(=O)N(C)CC(C)C)cc1NC(=O)c1ccco1. The fourth-order valence-electron chi connectivity index (χ4n) is 2.33. The summed E-state index contributed by atoms with van der Waals surface area (Å²) in [4.78, 5) is 26.2. The van der Waals surface area contributed by atoms with Gasteiger partial charge >= 0.3 is 0 Å². The first-order valence-corrected chi connectivity index (χ1v) is 7.59. The molecule has 5 heteroatoms. The molecule has 0 atom stereocenters. The van der Waals surface area contributed by atoms with E-state index < -0.39 is 0 Å². The Kier molecular flexibility index (Phi) is 5.21. The van der Waals surface area contributed by atoms with Crippen molar-refractivity contribution >= 4 is 17.5 Å². The van der Waals surface area contributed by atoms with Crippen LogP contribution in [-0.4, -0.2) is 30.3 Å². The van der Waals surface area contributed by atoms with Crippen LogP contribution in [0.5, 0.6) is 0 Å². The molecule has 0 aliphatic carbocycles. The Balaban J connectivity index is 2.18. The number of carbonyl (C=O) groups is 2. The number of nitrogens with zero attached hydrogens (tertiary/aromatic N) is 1. The maximum Gasteiger partial charge on any atom is 0.291 e. The van der Waals surface area contributed by atoms with Crippen molar-refractivity contribution in [3.8, 4) is 0 Å². The fourth-order valence-corrected chi connectivity index (χ4v) is 2.33. The lowest BCUT2D eigenvalue weighted by Gasteiger charge is -2.20. The van der Waals surface area contributed by atoms with Gasteiger partial charge in [0.15, 0.2) is 5.76 Å². The molecule has 2 amide bonds. The van der Waals surface area contributed by atoms with Crippen LogP contribution in [0.1, 0.15) is 40.3 Å². The van der Waals surface area contributed by atoms with E-state index in [1.54, 1.807) is 36.2 Å². The highest BCUT2D eigenvalue weighted by molar-refractivity contribution is 6.03. The number of rotatable bonds is 5. The van der Waals surface area contributed by atoms with Gasteiger partial charge in [0.1, 0.15) is 0 Å². The average Bonchev–Trinajstić information content (AvgIpc) is 3.02. The van der Waals surface area contributed by atoms with Crippen LogP contribution in [0, 0.1) is 12.8 Å². The first-order valence-electron chi connectivity index (χ1n) is 7.59. The van der Waals surface area contributed by atoms with E-state index in [1.165, 1.54) is 6.26 Å². The third-order valence-corrected chi connectivity index (χ3v) is 3.46. The lowest BCUT2D eigenvalue weighted by atomic mass is 10.1. The Hall–Kier alpha value is -2.56. The summed E-state index contributed by atoms with van der Waals surface area (Å²) < 4.78 is 5.08. The summed E-state index contributed by atoms with van der Waals surface area (Å²) >= 11 is 0. The van der Waals surface area contributed by atoms with Crippen molar-refractivity contribution in [2.75, 3.05) is 18.9 Å². The molecule has 0 fully saturated rings. The van der Waals surface area contributed by atoms with E-state index in [0.717, 1.165) is 5.56 Å². The van der Waals surface area contributed by atoms with Crippen LogP contribution >= 0.6 is 0 Å². The minimum absolute atomic E-state index is 0.0628. The lowest BCUT2D eigenvalue weighted by Crippen LogP contribution is -2.30. The van der Waals surface area contributed by atoms with Gasteiger partial charge in [-0.05, 0) is 42.7 Å². The summed E-state index contributed by atoms with van der Waals surface area (Å²) in [5.41, 5.74) is 2.04. The van der Waals surface area contributed by atoms with Crippen molar-refractivity contribution in [2.45, 2.75) is 20.8 Å². The van der Waals surface area contributed by atoms with Crippen LogP contribution < -0.4 is 5.32 Å². The molecule has 2 rings (SSSR count). The van der Waals surface area contributed by atoms with Gasteiger partial charge in [0.2, 0.25) is 0 Å². The average molecular weight is 314 g/mol. The van der Waals surface area contributed by atoms with E-state index in [4.69, 9.17) is 4.42 Å². The highest BCUT2D eigenvalue weighted by Gasteiger charge is 2.16. The molecule has 1 aromatic carbocycles. The number of hydrogen-bond acceptors (Lipinski definition) is 3. The van der Waals surface area contributed by atoms with Gasteiger partial charge < -0.3 is 14.6 Å². The predicted molar refractivity (Wildman–Crippen MR) is 89.6 cm³/mol. The van der Waals surface area contributed by atoms with Gasteiger partial charge in [-0.2, -0.15) is 0 Å². The lowest BCUT2D eigenvalue weighted by molar-refractivity contribution is 0.0779. The molecule has 0 aliphatic heterocycles. The summed E-state index contributed by atoms with van der Waals surface area (Å²) in [5, 5.41) is 2.78. The predicted octanol–water partition coefficient (Wildman–Crippen LogP) is 3.57. The Morgan fingerprint density at radius 1 is 1.26 bits per heavy atom. The molecular formula is C18H22N2O3. The molecule has 1 heterocycles. The van der Waals surface area contributed by atoms with Crippen molar-refractivity contribution in [1.82, 2.24) is 4.90 Å². The number of benzene rings is 1. The molecule has 122 valence electrons. The smallest absolute Gasteiger partial charge is 0.291 e. The molecule has 5 nitrogen and oxygen atoms in total. The summed E-state index contributed by atoms with van der Waals surface area (Å²) in [6, 6.07) is 8.55. The van der Waals surface area contributed by atoms with Crippen LogP contribution in [0.4, 0.5) is 5.69 Å². The molecule has 0 saturated carbocycles. The van der Waals surface area contributed by atoms with Gasteiger partial charge in [-0.1, -0.05) is 19.9 Å². The van der Waals surface area contributed by atoms with E-state index in [-0.39, 0.29) is 17.6 Å². The number of amides is 2. The molecule has 0 radical (unpaired) electrons. The number of carbonyl (C=O) groups excluding carboxylic acids is 2. The van der Waals surface area contributed by atoms with Gasteiger partial charge in [0.25, 0.3) is 11.8 Å². The first kappa shape index (κ1) is 16.8. The molecule has 0 spiro atoms. The Bertz CT molecular complexity index is 690. The maximum atomic E-state index is 12.5. The molecular weight excluding hydrogens is 292 g/mol.